The van der Waals surface area contributed by atoms with Crippen LogP contribution in [0.5, 0.6) is 0 Å². The van der Waals surface area contributed by atoms with Crippen molar-refractivity contribution in [3.8, 4) is 0 Å². The van der Waals surface area contributed by atoms with Gasteiger partial charge in [-0.3, -0.25) is 9.78 Å². The van der Waals surface area contributed by atoms with E-state index >= 15 is 0 Å². The largest absolute Gasteiger partial charge is 0.385 e. The van der Waals surface area contributed by atoms with E-state index in [1.54, 1.807) is 12.3 Å². The Morgan fingerprint density at radius 1 is 1.39 bits per heavy atom. The first-order chi connectivity index (χ1) is 8.28. The molecule has 0 radical (unpaired) electrons. The standard InChI is InChI=1S/C14H23N3O/c1-10(2)9-16-11-6-7-15-12(8-11)13(18)17-14(3,4)5/h6-8,10H,9H2,1-5H3,(H,15,16)(H,17,18). The van der Waals surface area contributed by atoms with Crippen LogP contribution in [0.2, 0.25) is 0 Å². The first-order valence-electron chi connectivity index (χ1n) is 6.30. The summed E-state index contributed by atoms with van der Waals surface area (Å²) in [6, 6.07) is 3.65. The van der Waals surface area contributed by atoms with E-state index in [0.29, 0.717) is 11.6 Å². The third-order valence-electron chi connectivity index (χ3n) is 2.20. The number of pyridine rings is 1. The molecule has 1 heterocycles. The van der Waals surface area contributed by atoms with Crippen molar-refractivity contribution in [1.29, 1.82) is 0 Å². The zero-order valence-electron chi connectivity index (χ0n) is 11.9. The average Bonchev–Trinajstić information content (AvgIpc) is 2.24. The van der Waals surface area contributed by atoms with Gasteiger partial charge in [-0.2, -0.15) is 0 Å². The maximum atomic E-state index is 11.9. The molecule has 1 amide bonds. The molecule has 1 aromatic rings. The highest BCUT2D eigenvalue weighted by Gasteiger charge is 2.16. The van der Waals surface area contributed by atoms with Gasteiger partial charge in [0, 0.05) is 24.0 Å². The predicted molar refractivity (Wildman–Crippen MR) is 74.8 cm³/mol. The number of nitrogens with one attached hydrogen (secondary N) is 2. The van der Waals surface area contributed by atoms with E-state index in [9.17, 15) is 4.79 Å². The summed E-state index contributed by atoms with van der Waals surface area (Å²) in [4.78, 5) is 16.0. The second-order valence-electron chi connectivity index (χ2n) is 5.91. The summed E-state index contributed by atoms with van der Waals surface area (Å²) in [5.41, 5.74) is 1.12. The summed E-state index contributed by atoms with van der Waals surface area (Å²) in [6.45, 7) is 11.0. The molecular formula is C14H23N3O. The maximum absolute atomic E-state index is 11.9. The van der Waals surface area contributed by atoms with E-state index < -0.39 is 0 Å². The third-order valence-corrected chi connectivity index (χ3v) is 2.20. The van der Waals surface area contributed by atoms with Gasteiger partial charge in [-0.15, -0.1) is 0 Å². The van der Waals surface area contributed by atoms with E-state index in [4.69, 9.17) is 0 Å². The Bertz CT molecular complexity index is 408. The maximum Gasteiger partial charge on any atom is 0.270 e. The topological polar surface area (TPSA) is 54.0 Å². The van der Waals surface area contributed by atoms with Gasteiger partial charge in [-0.1, -0.05) is 13.8 Å². The van der Waals surface area contributed by atoms with Crippen molar-refractivity contribution in [3.05, 3.63) is 24.0 Å². The van der Waals surface area contributed by atoms with Gasteiger partial charge in [-0.25, -0.2) is 0 Å². The van der Waals surface area contributed by atoms with Gasteiger partial charge in [-0.05, 0) is 38.8 Å². The minimum atomic E-state index is -0.250. The Hall–Kier alpha value is -1.58. The Morgan fingerprint density at radius 2 is 2.06 bits per heavy atom. The van der Waals surface area contributed by atoms with Crippen molar-refractivity contribution in [1.82, 2.24) is 10.3 Å². The highest BCUT2D eigenvalue weighted by Crippen LogP contribution is 2.10. The van der Waals surface area contributed by atoms with Crippen LogP contribution in [0.3, 0.4) is 0 Å². The predicted octanol–water partition coefficient (Wildman–Crippen LogP) is 2.68. The molecule has 100 valence electrons. The van der Waals surface area contributed by atoms with Crippen LogP contribution in [-0.2, 0) is 0 Å². The van der Waals surface area contributed by atoms with Crippen LogP contribution < -0.4 is 10.6 Å². The molecule has 0 spiro atoms. The Kier molecular flexibility index (Phi) is 4.70. The first kappa shape index (κ1) is 14.5. The van der Waals surface area contributed by atoms with Crippen molar-refractivity contribution >= 4 is 11.6 Å². The Morgan fingerprint density at radius 3 is 2.61 bits per heavy atom. The zero-order chi connectivity index (χ0) is 13.8. The summed E-state index contributed by atoms with van der Waals surface area (Å²) in [5, 5.41) is 6.18. The summed E-state index contributed by atoms with van der Waals surface area (Å²) in [5.74, 6) is 0.417. The molecule has 0 atom stereocenters. The van der Waals surface area contributed by atoms with Crippen LogP contribution in [0, 0.1) is 5.92 Å². The zero-order valence-corrected chi connectivity index (χ0v) is 11.9. The lowest BCUT2D eigenvalue weighted by Gasteiger charge is -2.20. The normalized spacial score (nSPS) is 11.4. The minimum absolute atomic E-state index is 0.143. The smallest absolute Gasteiger partial charge is 0.270 e. The molecule has 0 aliphatic rings. The molecule has 1 rings (SSSR count). The van der Waals surface area contributed by atoms with Crippen molar-refractivity contribution in [2.24, 2.45) is 5.92 Å². The number of hydrogen-bond acceptors (Lipinski definition) is 3. The number of anilines is 1. The lowest BCUT2D eigenvalue weighted by Crippen LogP contribution is -2.40. The SMILES string of the molecule is CC(C)CNc1ccnc(C(=O)NC(C)(C)C)c1. The summed E-state index contributed by atoms with van der Waals surface area (Å²) < 4.78 is 0. The summed E-state index contributed by atoms with van der Waals surface area (Å²) in [6.07, 6.45) is 1.65. The molecule has 0 aromatic carbocycles. The van der Waals surface area contributed by atoms with Crippen LogP contribution in [0.25, 0.3) is 0 Å². The van der Waals surface area contributed by atoms with Crippen LogP contribution in [0.4, 0.5) is 5.69 Å². The lowest BCUT2D eigenvalue weighted by atomic mass is 10.1. The van der Waals surface area contributed by atoms with Crippen molar-refractivity contribution in [2.75, 3.05) is 11.9 Å². The molecule has 4 heteroatoms. The molecule has 1 aromatic heterocycles. The van der Waals surface area contributed by atoms with E-state index in [2.05, 4.69) is 29.5 Å². The molecule has 0 bridgehead atoms. The highest BCUT2D eigenvalue weighted by molar-refractivity contribution is 5.93. The fraction of sp³-hybridized carbons (Fsp3) is 0.571. The third kappa shape index (κ3) is 5.17. The fourth-order valence-corrected chi connectivity index (χ4v) is 1.39. The van der Waals surface area contributed by atoms with Crippen molar-refractivity contribution in [2.45, 2.75) is 40.2 Å². The van der Waals surface area contributed by atoms with Crippen LogP contribution in [0.15, 0.2) is 18.3 Å². The van der Waals surface area contributed by atoms with Gasteiger partial charge < -0.3 is 10.6 Å². The van der Waals surface area contributed by atoms with E-state index in [-0.39, 0.29) is 11.4 Å². The van der Waals surface area contributed by atoms with E-state index in [1.807, 2.05) is 26.8 Å². The molecule has 0 saturated heterocycles. The van der Waals surface area contributed by atoms with Gasteiger partial charge in [0.2, 0.25) is 0 Å². The molecule has 0 aliphatic carbocycles. The van der Waals surface area contributed by atoms with Crippen LogP contribution >= 0.6 is 0 Å². The second-order valence-corrected chi connectivity index (χ2v) is 5.91. The Labute approximate surface area is 109 Å². The summed E-state index contributed by atoms with van der Waals surface area (Å²) in [7, 11) is 0. The van der Waals surface area contributed by atoms with Gasteiger partial charge in [0.05, 0.1) is 0 Å². The summed E-state index contributed by atoms with van der Waals surface area (Å²) >= 11 is 0. The number of amides is 1. The molecule has 4 nitrogen and oxygen atoms in total. The number of carbonyl (C=O) groups excluding carboxylic acids is 1. The molecule has 0 unspecified atom stereocenters. The fourth-order valence-electron chi connectivity index (χ4n) is 1.39. The minimum Gasteiger partial charge on any atom is -0.385 e. The van der Waals surface area contributed by atoms with Crippen molar-refractivity contribution < 1.29 is 4.79 Å². The second kappa shape index (κ2) is 5.85. The van der Waals surface area contributed by atoms with Crippen LogP contribution in [0.1, 0.15) is 45.1 Å². The van der Waals surface area contributed by atoms with Gasteiger partial charge >= 0.3 is 0 Å². The number of carbonyl (C=O) groups is 1. The van der Waals surface area contributed by atoms with Crippen LogP contribution in [-0.4, -0.2) is 23.0 Å². The van der Waals surface area contributed by atoms with Crippen molar-refractivity contribution in [3.63, 3.8) is 0 Å². The first-order valence-corrected chi connectivity index (χ1v) is 6.30. The molecular weight excluding hydrogens is 226 g/mol. The average molecular weight is 249 g/mol. The monoisotopic (exact) mass is 249 g/mol. The number of aromatic nitrogens is 1. The van der Waals surface area contributed by atoms with E-state index in [1.165, 1.54) is 0 Å². The Balaban J connectivity index is 2.72. The molecule has 0 aliphatic heterocycles. The van der Waals surface area contributed by atoms with Gasteiger partial charge in [0.25, 0.3) is 5.91 Å². The molecule has 2 N–H and O–H groups in total. The number of hydrogen-bond donors (Lipinski definition) is 2. The highest BCUT2D eigenvalue weighted by atomic mass is 16.2. The van der Waals surface area contributed by atoms with Gasteiger partial charge in [0.1, 0.15) is 5.69 Å². The molecule has 18 heavy (non-hydrogen) atoms. The van der Waals surface area contributed by atoms with E-state index in [0.717, 1.165) is 12.2 Å². The van der Waals surface area contributed by atoms with Gasteiger partial charge in [0.15, 0.2) is 0 Å². The number of nitrogens with zero attached hydrogens (tertiary/aromatic N) is 1. The quantitative estimate of drug-likeness (QED) is 0.862. The lowest BCUT2D eigenvalue weighted by molar-refractivity contribution is 0.0914. The molecule has 0 saturated carbocycles. The molecule has 0 fully saturated rings. The number of rotatable bonds is 4.